The van der Waals surface area contributed by atoms with Gasteiger partial charge in [-0.1, -0.05) is 0 Å². The number of aliphatic hydroxyl groups is 1. The second-order valence-electron chi connectivity index (χ2n) is 3.26. The Morgan fingerprint density at radius 3 is 2.94 bits per heavy atom. The Kier molecular flexibility index (Phi) is 3.34. The van der Waals surface area contributed by atoms with Gasteiger partial charge in [-0.2, -0.15) is 15.1 Å². The first-order valence-corrected chi connectivity index (χ1v) is 5.02. The van der Waals surface area contributed by atoms with E-state index in [1.54, 1.807) is 0 Å². The number of aliphatic hydroxyl groups excluding tert-OH is 1. The van der Waals surface area contributed by atoms with Gasteiger partial charge in [0.05, 0.1) is 11.6 Å². The monoisotopic (exact) mass is 263 g/mol. The summed E-state index contributed by atoms with van der Waals surface area (Å²) in [5, 5.41) is 18.3. The molecule has 17 heavy (non-hydrogen) atoms. The molecule has 0 fully saturated rings. The van der Waals surface area contributed by atoms with E-state index in [0.29, 0.717) is 11.0 Å². The third kappa shape index (κ3) is 2.59. The molecule has 2 aromatic heterocycles. The molecule has 0 aromatic carbocycles. The van der Waals surface area contributed by atoms with Gasteiger partial charge >= 0.3 is 0 Å². The van der Waals surface area contributed by atoms with Crippen LogP contribution in [0.4, 0.5) is 14.6 Å². The molecule has 0 radical (unpaired) electrons. The van der Waals surface area contributed by atoms with Crippen LogP contribution in [0.3, 0.4) is 0 Å². The van der Waals surface area contributed by atoms with Crippen molar-refractivity contribution in [2.24, 2.45) is 0 Å². The second-order valence-corrected chi connectivity index (χ2v) is 3.59. The van der Waals surface area contributed by atoms with E-state index in [0.717, 1.165) is 0 Å². The number of hydrogen-bond donors (Lipinski definition) is 3. The van der Waals surface area contributed by atoms with Crippen LogP contribution in [-0.2, 0) is 0 Å². The highest BCUT2D eigenvalue weighted by atomic mass is 35.5. The van der Waals surface area contributed by atoms with Gasteiger partial charge in [-0.15, -0.1) is 0 Å². The largest absolute Gasteiger partial charge is 0.385 e. The number of fused-ring (bicyclic) bond motifs is 1. The van der Waals surface area contributed by atoms with Crippen LogP contribution in [-0.4, -0.2) is 44.3 Å². The Labute approximate surface area is 99.0 Å². The van der Waals surface area contributed by atoms with Gasteiger partial charge in [0, 0.05) is 6.54 Å². The average molecular weight is 264 g/mol. The number of alkyl halides is 2. The fourth-order valence-electron chi connectivity index (χ4n) is 1.23. The Bertz CT molecular complexity index is 520. The fraction of sp³-hybridized carbons (Fsp3) is 0.375. The number of halogens is 3. The lowest BCUT2D eigenvalue weighted by Gasteiger charge is -2.11. The summed E-state index contributed by atoms with van der Waals surface area (Å²) in [6.45, 7) is -0.342. The van der Waals surface area contributed by atoms with E-state index in [1.807, 2.05) is 0 Å². The molecule has 92 valence electrons. The predicted molar refractivity (Wildman–Crippen MR) is 57.2 cm³/mol. The summed E-state index contributed by atoms with van der Waals surface area (Å²) in [5.74, 6) is 0.244. The first-order chi connectivity index (χ1) is 8.08. The number of anilines is 1. The standard InChI is InChI=1S/C8H8ClF2N5O/c9-8-14-6(12-2-4(17)5(10)11)3-1-13-16-7(3)15-8/h1,4-5,17H,2H2,(H2,12,13,14,15,16). The lowest BCUT2D eigenvalue weighted by atomic mass is 10.3. The molecule has 9 heteroatoms. The highest BCUT2D eigenvalue weighted by molar-refractivity contribution is 6.28. The van der Waals surface area contributed by atoms with Crippen LogP contribution in [0.15, 0.2) is 6.20 Å². The predicted octanol–water partition coefficient (Wildman–Crippen LogP) is 1.04. The lowest BCUT2D eigenvalue weighted by Crippen LogP contribution is -2.27. The van der Waals surface area contributed by atoms with Gasteiger partial charge in [-0.3, -0.25) is 5.10 Å². The van der Waals surface area contributed by atoms with E-state index in [9.17, 15) is 8.78 Å². The smallest absolute Gasteiger partial charge is 0.265 e. The molecule has 0 saturated carbocycles. The summed E-state index contributed by atoms with van der Waals surface area (Å²) < 4.78 is 24.2. The molecule has 2 heterocycles. The first kappa shape index (κ1) is 11.9. The molecule has 1 atom stereocenters. The molecule has 6 nitrogen and oxygen atoms in total. The topological polar surface area (TPSA) is 86.7 Å². The van der Waals surface area contributed by atoms with Crippen LogP contribution in [0.25, 0.3) is 11.0 Å². The quantitative estimate of drug-likeness (QED) is 0.718. The van der Waals surface area contributed by atoms with Crippen LogP contribution in [0.2, 0.25) is 5.28 Å². The Balaban J connectivity index is 2.20. The summed E-state index contributed by atoms with van der Waals surface area (Å²) in [7, 11) is 0. The maximum absolute atomic E-state index is 12.1. The van der Waals surface area contributed by atoms with Crippen molar-refractivity contribution in [2.45, 2.75) is 12.5 Å². The molecule has 0 saturated heterocycles. The molecular formula is C8H8ClF2N5O. The van der Waals surface area contributed by atoms with Crippen molar-refractivity contribution in [2.75, 3.05) is 11.9 Å². The minimum absolute atomic E-state index is 0.0456. The van der Waals surface area contributed by atoms with Gasteiger partial charge in [0.15, 0.2) is 5.65 Å². The fourth-order valence-corrected chi connectivity index (χ4v) is 1.40. The van der Waals surface area contributed by atoms with E-state index < -0.39 is 12.5 Å². The third-order valence-corrected chi connectivity index (χ3v) is 2.22. The summed E-state index contributed by atoms with van der Waals surface area (Å²) in [4.78, 5) is 7.68. The van der Waals surface area contributed by atoms with Crippen LogP contribution in [0.1, 0.15) is 0 Å². The highest BCUT2D eigenvalue weighted by Crippen LogP contribution is 2.19. The number of hydrogen-bond acceptors (Lipinski definition) is 5. The SMILES string of the molecule is OC(CNc1nc(Cl)nc2[nH]ncc12)C(F)F. The molecular weight excluding hydrogens is 256 g/mol. The molecule has 3 N–H and O–H groups in total. The van der Waals surface area contributed by atoms with Crippen molar-refractivity contribution in [3.05, 3.63) is 11.5 Å². The van der Waals surface area contributed by atoms with Crippen molar-refractivity contribution >= 4 is 28.5 Å². The van der Waals surface area contributed by atoms with Gasteiger partial charge < -0.3 is 10.4 Å². The van der Waals surface area contributed by atoms with Gasteiger partial charge in [-0.25, -0.2) is 8.78 Å². The molecule has 1 unspecified atom stereocenters. The Morgan fingerprint density at radius 1 is 1.47 bits per heavy atom. The normalized spacial score (nSPS) is 13.2. The molecule has 0 aliphatic carbocycles. The first-order valence-electron chi connectivity index (χ1n) is 4.64. The van der Waals surface area contributed by atoms with E-state index in [1.165, 1.54) is 6.20 Å². The van der Waals surface area contributed by atoms with Crippen molar-refractivity contribution in [1.29, 1.82) is 0 Å². The van der Waals surface area contributed by atoms with Gasteiger partial charge in [-0.05, 0) is 11.6 Å². The van der Waals surface area contributed by atoms with E-state index >= 15 is 0 Å². The Morgan fingerprint density at radius 2 is 2.24 bits per heavy atom. The zero-order valence-corrected chi connectivity index (χ0v) is 9.12. The maximum atomic E-state index is 12.1. The van der Waals surface area contributed by atoms with Gasteiger partial charge in [0.2, 0.25) is 5.28 Å². The van der Waals surface area contributed by atoms with Gasteiger partial charge in [0.1, 0.15) is 11.9 Å². The highest BCUT2D eigenvalue weighted by Gasteiger charge is 2.17. The van der Waals surface area contributed by atoms with Crippen molar-refractivity contribution in [3.63, 3.8) is 0 Å². The molecule has 0 amide bonds. The number of nitrogens with one attached hydrogen (secondary N) is 2. The average Bonchev–Trinajstić information content (AvgIpc) is 2.72. The molecule has 0 spiro atoms. The summed E-state index contributed by atoms with van der Waals surface area (Å²) in [6, 6.07) is 0. The minimum atomic E-state index is -2.82. The lowest BCUT2D eigenvalue weighted by molar-refractivity contribution is 0.00382. The van der Waals surface area contributed by atoms with Crippen molar-refractivity contribution < 1.29 is 13.9 Å². The van der Waals surface area contributed by atoms with Crippen LogP contribution >= 0.6 is 11.6 Å². The van der Waals surface area contributed by atoms with Crippen LogP contribution in [0, 0.1) is 0 Å². The van der Waals surface area contributed by atoms with Crippen LogP contribution in [0.5, 0.6) is 0 Å². The maximum Gasteiger partial charge on any atom is 0.265 e. The van der Waals surface area contributed by atoms with Crippen molar-refractivity contribution in [1.82, 2.24) is 20.2 Å². The van der Waals surface area contributed by atoms with Crippen molar-refractivity contribution in [3.8, 4) is 0 Å². The number of nitrogens with zero attached hydrogens (tertiary/aromatic N) is 3. The van der Waals surface area contributed by atoms with E-state index in [-0.39, 0.29) is 17.6 Å². The number of aromatic amines is 1. The van der Waals surface area contributed by atoms with E-state index in [4.69, 9.17) is 16.7 Å². The van der Waals surface area contributed by atoms with E-state index in [2.05, 4.69) is 25.5 Å². The number of rotatable bonds is 4. The molecule has 0 aliphatic rings. The number of aromatic nitrogens is 4. The zero-order valence-electron chi connectivity index (χ0n) is 8.36. The summed E-state index contributed by atoms with van der Waals surface area (Å²) in [6.07, 6.45) is -3.16. The molecule has 0 aliphatic heterocycles. The third-order valence-electron chi connectivity index (χ3n) is 2.05. The summed E-state index contributed by atoms with van der Waals surface area (Å²) >= 11 is 5.64. The minimum Gasteiger partial charge on any atom is -0.385 e. The molecule has 0 bridgehead atoms. The Hall–Kier alpha value is -1.54. The molecule has 2 aromatic rings. The zero-order chi connectivity index (χ0) is 12.4. The number of H-pyrrole nitrogens is 1. The van der Waals surface area contributed by atoms with Crippen LogP contribution < -0.4 is 5.32 Å². The second kappa shape index (κ2) is 4.76. The summed E-state index contributed by atoms with van der Waals surface area (Å²) in [5.41, 5.74) is 0.388. The molecule has 2 rings (SSSR count). The van der Waals surface area contributed by atoms with Gasteiger partial charge in [0.25, 0.3) is 6.43 Å².